The summed E-state index contributed by atoms with van der Waals surface area (Å²) in [6, 6.07) is 16.9. The maximum atomic E-state index is 13.4. The minimum Gasteiger partial charge on any atom is -0.370 e. The SMILES string of the molecule is Cc1cc(C)cc(NC(=O)Nc2cc(C(=O)NCc3cccc(F)c3)ccc2N2CCCC2)c1. The average Bonchev–Trinajstić information content (AvgIpc) is 3.31. The van der Waals surface area contributed by atoms with Gasteiger partial charge in [-0.1, -0.05) is 18.2 Å². The van der Waals surface area contributed by atoms with Gasteiger partial charge in [0.25, 0.3) is 5.91 Å². The molecule has 4 rings (SSSR count). The average molecular weight is 461 g/mol. The lowest BCUT2D eigenvalue weighted by Crippen LogP contribution is -2.26. The van der Waals surface area contributed by atoms with Crippen LogP contribution in [0.5, 0.6) is 0 Å². The highest BCUT2D eigenvalue weighted by Gasteiger charge is 2.19. The summed E-state index contributed by atoms with van der Waals surface area (Å²) in [7, 11) is 0. The predicted octanol–water partition coefficient (Wildman–Crippen LogP) is 5.62. The predicted molar refractivity (Wildman–Crippen MR) is 134 cm³/mol. The molecule has 1 heterocycles. The quantitative estimate of drug-likeness (QED) is 0.447. The zero-order valence-electron chi connectivity index (χ0n) is 19.5. The fraction of sp³-hybridized carbons (Fsp3) is 0.259. The van der Waals surface area contributed by atoms with Crippen LogP contribution < -0.4 is 20.9 Å². The first-order chi connectivity index (χ1) is 16.4. The van der Waals surface area contributed by atoms with Crippen molar-refractivity contribution in [3.05, 3.63) is 88.7 Å². The van der Waals surface area contributed by atoms with Crippen LogP contribution in [-0.4, -0.2) is 25.0 Å². The van der Waals surface area contributed by atoms with Crippen LogP contribution in [0, 0.1) is 19.7 Å². The number of aryl methyl sites for hydroxylation is 2. The molecule has 0 bridgehead atoms. The van der Waals surface area contributed by atoms with Crippen LogP contribution in [0.25, 0.3) is 0 Å². The third-order valence-corrected chi connectivity index (χ3v) is 5.78. The van der Waals surface area contributed by atoms with Crippen molar-refractivity contribution in [2.45, 2.75) is 33.2 Å². The van der Waals surface area contributed by atoms with Crippen LogP contribution in [0.1, 0.15) is 39.9 Å². The monoisotopic (exact) mass is 460 g/mol. The smallest absolute Gasteiger partial charge is 0.323 e. The number of hydrogen-bond donors (Lipinski definition) is 3. The molecule has 1 fully saturated rings. The van der Waals surface area contributed by atoms with E-state index in [0.717, 1.165) is 42.7 Å². The highest BCUT2D eigenvalue weighted by Crippen LogP contribution is 2.30. The summed E-state index contributed by atoms with van der Waals surface area (Å²) < 4.78 is 13.4. The number of carbonyl (C=O) groups is 2. The number of amides is 3. The molecule has 0 aromatic heterocycles. The minimum absolute atomic E-state index is 0.209. The number of halogens is 1. The molecule has 0 spiro atoms. The van der Waals surface area contributed by atoms with Gasteiger partial charge in [-0.25, -0.2) is 9.18 Å². The van der Waals surface area contributed by atoms with E-state index in [4.69, 9.17) is 0 Å². The number of carbonyl (C=O) groups excluding carboxylic acids is 2. The zero-order chi connectivity index (χ0) is 24.1. The number of hydrogen-bond acceptors (Lipinski definition) is 3. The lowest BCUT2D eigenvalue weighted by Gasteiger charge is -2.22. The molecule has 1 saturated heterocycles. The second-order valence-corrected chi connectivity index (χ2v) is 8.69. The Kier molecular flexibility index (Phi) is 7.11. The van der Waals surface area contributed by atoms with Gasteiger partial charge < -0.3 is 20.9 Å². The van der Waals surface area contributed by atoms with Gasteiger partial charge in [0.1, 0.15) is 5.82 Å². The van der Waals surface area contributed by atoms with Crippen molar-refractivity contribution in [2.24, 2.45) is 0 Å². The second kappa shape index (κ2) is 10.4. The highest BCUT2D eigenvalue weighted by atomic mass is 19.1. The van der Waals surface area contributed by atoms with Gasteiger partial charge in [-0.15, -0.1) is 0 Å². The Balaban J connectivity index is 1.51. The summed E-state index contributed by atoms with van der Waals surface area (Å²) in [6.07, 6.45) is 2.17. The van der Waals surface area contributed by atoms with Crippen LogP contribution in [0.2, 0.25) is 0 Å². The van der Waals surface area contributed by atoms with E-state index in [0.29, 0.717) is 22.5 Å². The summed E-state index contributed by atoms with van der Waals surface area (Å²) in [5, 5.41) is 8.63. The normalized spacial score (nSPS) is 13.0. The van der Waals surface area contributed by atoms with Crippen molar-refractivity contribution in [3.63, 3.8) is 0 Å². The summed E-state index contributed by atoms with van der Waals surface area (Å²) >= 11 is 0. The van der Waals surface area contributed by atoms with E-state index in [9.17, 15) is 14.0 Å². The first kappa shape index (κ1) is 23.3. The van der Waals surface area contributed by atoms with Gasteiger partial charge in [-0.05, 0) is 85.8 Å². The van der Waals surface area contributed by atoms with Gasteiger partial charge in [0.05, 0.1) is 11.4 Å². The lowest BCUT2D eigenvalue weighted by atomic mass is 10.1. The molecule has 1 aliphatic rings. The molecular formula is C27H29FN4O2. The summed E-state index contributed by atoms with van der Waals surface area (Å²) in [4.78, 5) is 27.8. The van der Waals surface area contributed by atoms with Crippen molar-refractivity contribution in [2.75, 3.05) is 28.6 Å². The topological polar surface area (TPSA) is 73.5 Å². The summed E-state index contributed by atoms with van der Waals surface area (Å²) in [6.45, 7) is 5.97. The summed E-state index contributed by atoms with van der Waals surface area (Å²) in [5.41, 5.74) is 5.38. The first-order valence-corrected chi connectivity index (χ1v) is 11.5. The first-order valence-electron chi connectivity index (χ1n) is 11.5. The Labute approximate surface area is 199 Å². The number of urea groups is 1. The highest BCUT2D eigenvalue weighted by molar-refractivity contribution is 6.04. The van der Waals surface area contributed by atoms with Crippen LogP contribution >= 0.6 is 0 Å². The van der Waals surface area contributed by atoms with Crippen LogP contribution in [-0.2, 0) is 6.54 Å². The van der Waals surface area contributed by atoms with E-state index in [1.807, 2.05) is 38.1 Å². The van der Waals surface area contributed by atoms with Crippen molar-refractivity contribution >= 4 is 29.0 Å². The standard InChI is InChI=1S/C27H29FN4O2/c1-18-12-19(2)14-23(13-18)30-27(34)31-24-16-21(8-9-25(24)32-10-3-4-11-32)26(33)29-17-20-6-5-7-22(28)15-20/h5-9,12-16H,3-4,10-11,17H2,1-2H3,(H,29,33)(H2,30,31,34). The van der Waals surface area contributed by atoms with Gasteiger partial charge in [-0.3, -0.25) is 4.79 Å². The molecule has 3 aromatic carbocycles. The Morgan fingerprint density at radius 2 is 1.65 bits per heavy atom. The van der Waals surface area contributed by atoms with Crippen LogP contribution in [0.4, 0.5) is 26.2 Å². The van der Waals surface area contributed by atoms with Gasteiger partial charge >= 0.3 is 6.03 Å². The molecule has 0 unspecified atom stereocenters. The number of nitrogens with one attached hydrogen (secondary N) is 3. The van der Waals surface area contributed by atoms with E-state index in [1.165, 1.54) is 12.1 Å². The van der Waals surface area contributed by atoms with Crippen molar-refractivity contribution in [1.82, 2.24) is 5.32 Å². The molecule has 176 valence electrons. The number of nitrogens with zero attached hydrogens (tertiary/aromatic N) is 1. The minimum atomic E-state index is -0.372. The Bertz CT molecular complexity index is 1180. The van der Waals surface area contributed by atoms with Crippen LogP contribution in [0.3, 0.4) is 0 Å². The number of anilines is 3. The molecule has 3 amide bonds. The number of benzene rings is 3. The fourth-order valence-electron chi connectivity index (χ4n) is 4.27. The maximum absolute atomic E-state index is 13.4. The van der Waals surface area contributed by atoms with Gasteiger partial charge in [-0.2, -0.15) is 0 Å². The molecule has 6 nitrogen and oxygen atoms in total. The third kappa shape index (κ3) is 5.92. The van der Waals surface area contributed by atoms with Crippen LogP contribution in [0.15, 0.2) is 60.7 Å². The zero-order valence-corrected chi connectivity index (χ0v) is 19.5. The molecule has 0 atom stereocenters. The molecular weight excluding hydrogens is 431 g/mol. The van der Waals surface area contributed by atoms with Crippen molar-refractivity contribution < 1.29 is 14.0 Å². The molecule has 3 N–H and O–H groups in total. The molecule has 0 aliphatic carbocycles. The molecule has 34 heavy (non-hydrogen) atoms. The number of rotatable bonds is 6. The van der Waals surface area contributed by atoms with E-state index >= 15 is 0 Å². The van der Waals surface area contributed by atoms with E-state index in [1.54, 1.807) is 24.3 Å². The maximum Gasteiger partial charge on any atom is 0.323 e. The molecule has 1 aliphatic heterocycles. The molecule has 0 saturated carbocycles. The van der Waals surface area contributed by atoms with Gasteiger partial charge in [0.15, 0.2) is 0 Å². The second-order valence-electron chi connectivity index (χ2n) is 8.69. The third-order valence-electron chi connectivity index (χ3n) is 5.78. The summed E-state index contributed by atoms with van der Waals surface area (Å²) in [5.74, 6) is -0.641. The lowest BCUT2D eigenvalue weighted by molar-refractivity contribution is 0.0951. The largest absolute Gasteiger partial charge is 0.370 e. The van der Waals surface area contributed by atoms with E-state index in [2.05, 4.69) is 20.9 Å². The Hall–Kier alpha value is -3.87. The molecule has 7 heteroatoms. The fourth-order valence-corrected chi connectivity index (χ4v) is 4.27. The van der Waals surface area contributed by atoms with Gasteiger partial charge in [0.2, 0.25) is 0 Å². The van der Waals surface area contributed by atoms with E-state index in [-0.39, 0.29) is 24.3 Å². The Morgan fingerprint density at radius 3 is 2.35 bits per heavy atom. The molecule has 0 radical (unpaired) electrons. The van der Waals surface area contributed by atoms with E-state index < -0.39 is 0 Å². The van der Waals surface area contributed by atoms with Crippen molar-refractivity contribution in [1.29, 1.82) is 0 Å². The molecule has 3 aromatic rings. The van der Waals surface area contributed by atoms with Gasteiger partial charge in [0, 0.05) is 30.9 Å². The van der Waals surface area contributed by atoms with Crippen molar-refractivity contribution in [3.8, 4) is 0 Å². The Morgan fingerprint density at radius 1 is 0.912 bits per heavy atom.